The fraction of sp³-hybridized carbons (Fsp3) is 0.0345. The molecule has 0 spiro atoms. The SMILES string of the molecule is Br.Clc1ccc(N=NC(c2ccccc2)(c2ccccc2)[n+]2ccccc2)cc1.[Br-].c1ccncc1. The molecule has 0 saturated carbocycles. The van der Waals surface area contributed by atoms with Crippen LogP contribution >= 0.6 is 28.6 Å². The lowest BCUT2D eigenvalue weighted by Gasteiger charge is -2.24. The van der Waals surface area contributed by atoms with E-state index in [0.717, 1.165) is 16.8 Å². The first kappa shape index (κ1) is 29.0. The maximum atomic E-state index is 6.01. The molecule has 5 rings (SSSR count). The second-order valence-electron chi connectivity index (χ2n) is 7.39. The molecule has 0 unspecified atom stereocenters. The monoisotopic (exact) mass is 622 g/mol. The number of pyridine rings is 2. The van der Waals surface area contributed by atoms with Gasteiger partial charge in [-0.1, -0.05) is 60.1 Å². The third kappa shape index (κ3) is 7.40. The molecule has 0 amide bonds. The molecule has 5 aromatic rings. The van der Waals surface area contributed by atoms with E-state index in [2.05, 4.69) is 38.9 Å². The van der Waals surface area contributed by atoms with Gasteiger partial charge in [0.15, 0.2) is 12.4 Å². The molecule has 0 aliphatic rings. The molecule has 0 aliphatic heterocycles. The average molecular weight is 625 g/mol. The molecule has 0 N–H and O–H groups in total. The standard InChI is InChI=1S/C24H19ClN3.C5H5N.2BrH/c25-22-14-16-23(17-15-22)26-27-24(20-10-4-1-5-11-20,21-12-6-2-7-13-21)28-18-8-3-9-19-28;1-2-4-6-5-3-1;;/h1-19H;1-5H;2*1H/q+1;;;/p-1. The van der Waals surface area contributed by atoms with Crippen molar-refractivity contribution in [3.05, 3.63) is 162 Å². The van der Waals surface area contributed by atoms with Gasteiger partial charge < -0.3 is 17.0 Å². The summed E-state index contributed by atoms with van der Waals surface area (Å²) in [6.45, 7) is 0. The molecular weight excluding hydrogens is 600 g/mol. The summed E-state index contributed by atoms with van der Waals surface area (Å²) in [4.78, 5) is 3.78. The van der Waals surface area contributed by atoms with Gasteiger partial charge in [-0.3, -0.25) is 4.98 Å². The normalized spacial score (nSPS) is 10.4. The average Bonchev–Trinajstić information content (AvgIpc) is 2.93. The Kier molecular flexibility index (Phi) is 12.1. The Balaban J connectivity index is 0.000000503. The molecule has 0 radical (unpaired) electrons. The Hall–Kier alpha value is -3.19. The Morgan fingerprint density at radius 2 is 1.08 bits per heavy atom. The first-order valence-corrected chi connectivity index (χ1v) is 11.3. The highest BCUT2D eigenvalue weighted by molar-refractivity contribution is 8.93. The third-order valence-electron chi connectivity index (χ3n) is 5.15. The zero-order chi connectivity index (χ0) is 23.5. The van der Waals surface area contributed by atoms with Gasteiger partial charge in [-0.25, -0.2) is 0 Å². The summed E-state index contributed by atoms with van der Waals surface area (Å²) in [5.74, 6) is 0. The number of hydrogen-bond acceptors (Lipinski definition) is 3. The second-order valence-corrected chi connectivity index (χ2v) is 7.82. The van der Waals surface area contributed by atoms with Crippen LogP contribution in [0.2, 0.25) is 5.02 Å². The van der Waals surface area contributed by atoms with Gasteiger partial charge in [-0.05, 0) is 60.7 Å². The molecular formula is C29H25Br2ClN4. The van der Waals surface area contributed by atoms with E-state index in [0.29, 0.717) is 5.02 Å². The first-order chi connectivity index (χ1) is 16.8. The summed E-state index contributed by atoms with van der Waals surface area (Å²) in [6, 6.07) is 39.5. The van der Waals surface area contributed by atoms with Crippen molar-refractivity contribution in [1.29, 1.82) is 0 Å². The summed E-state index contributed by atoms with van der Waals surface area (Å²) in [5, 5.41) is 10.2. The van der Waals surface area contributed by atoms with Crippen LogP contribution in [0, 0.1) is 0 Å². The van der Waals surface area contributed by atoms with E-state index in [-0.39, 0.29) is 34.0 Å². The molecule has 182 valence electrons. The molecule has 0 saturated heterocycles. The molecule has 36 heavy (non-hydrogen) atoms. The quantitative estimate of drug-likeness (QED) is 0.204. The third-order valence-corrected chi connectivity index (χ3v) is 5.40. The predicted octanol–water partition coefficient (Wildman–Crippen LogP) is 4.82. The molecule has 4 nitrogen and oxygen atoms in total. The summed E-state index contributed by atoms with van der Waals surface area (Å²) in [6.07, 6.45) is 7.53. The molecule has 3 aromatic carbocycles. The van der Waals surface area contributed by atoms with Gasteiger partial charge in [0, 0.05) is 29.5 Å². The highest BCUT2D eigenvalue weighted by Crippen LogP contribution is 2.32. The van der Waals surface area contributed by atoms with Gasteiger partial charge in [0.1, 0.15) is 0 Å². The molecule has 2 aromatic heterocycles. The van der Waals surface area contributed by atoms with Crippen molar-refractivity contribution < 1.29 is 21.5 Å². The second kappa shape index (κ2) is 15.0. The van der Waals surface area contributed by atoms with Crippen molar-refractivity contribution in [2.75, 3.05) is 0 Å². The van der Waals surface area contributed by atoms with Crippen LogP contribution < -0.4 is 21.5 Å². The van der Waals surface area contributed by atoms with Gasteiger partial charge in [0.2, 0.25) is 0 Å². The summed E-state index contributed by atoms with van der Waals surface area (Å²) in [5.41, 5.74) is 1.96. The van der Waals surface area contributed by atoms with Crippen LogP contribution in [-0.2, 0) is 5.66 Å². The highest BCUT2D eigenvalue weighted by atomic mass is 79.9. The Morgan fingerprint density at radius 3 is 1.53 bits per heavy atom. The zero-order valence-corrected chi connectivity index (χ0v) is 23.4. The lowest BCUT2D eigenvalue weighted by molar-refractivity contribution is -0.744. The molecule has 2 heterocycles. The fourth-order valence-electron chi connectivity index (χ4n) is 3.54. The summed E-state index contributed by atoms with van der Waals surface area (Å²) >= 11 is 6.01. The highest BCUT2D eigenvalue weighted by Gasteiger charge is 2.44. The van der Waals surface area contributed by atoms with E-state index in [1.54, 1.807) is 12.4 Å². The van der Waals surface area contributed by atoms with Crippen molar-refractivity contribution in [3.8, 4) is 0 Å². The number of rotatable bonds is 5. The van der Waals surface area contributed by atoms with Crippen LogP contribution in [0.3, 0.4) is 0 Å². The number of hydrogen-bond donors (Lipinski definition) is 0. The molecule has 0 aliphatic carbocycles. The van der Waals surface area contributed by atoms with Crippen molar-refractivity contribution in [2.24, 2.45) is 10.2 Å². The zero-order valence-electron chi connectivity index (χ0n) is 19.3. The predicted molar refractivity (Wildman–Crippen MR) is 146 cm³/mol. The van der Waals surface area contributed by atoms with Gasteiger partial charge in [-0.15, -0.1) is 27.2 Å². The van der Waals surface area contributed by atoms with Crippen LogP contribution in [0.5, 0.6) is 0 Å². The van der Waals surface area contributed by atoms with Crippen LogP contribution in [0.25, 0.3) is 0 Å². The van der Waals surface area contributed by atoms with Crippen LogP contribution in [-0.4, -0.2) is 4.98 Å². The lowest BCUT2D eigenvalue weighted by atomic mass is 9.91. The summed E-state index contributed by atoms with van der Waals surface area (Å²) in [7, 11) is 0. The smallest absolute Gasteiger partial charge is 0.330 e. The van der Waals surface area contributed by atoms with Crippen molar-refractivity contribution in [3.63, 3.8) is 0 Å². The van der Waals surface area contributed by atoms with E-state index < -0.39 is 5.66 Å². The maximum absolute atomic E-state index is 6.01. The van der Waals surface area contributed by atoms with Crippen LogP contribution in [0.15, 0.2) is 156 Å². The first-order valence-electron chi connectivity index (χ1n) is 10.9. The maximum Gasteiger partial charge on any atom is 0.330 e. The Morgan fingerprint density at radius 1 is 0.611 bits per heavy atom. The van der Waals surface area contributed by atoms with Gasteiger partial charge >= 0.3 is 5.66 Å². The van der Waals surface area contributed by atoms with E-state index in [1.165, 1.54) is 0 Å². The fourth-order valence-corrected chi connectivity index (χ4v) is 3.66. The lowest BCUT2D eigenvalue weighted by Crippen LogP contribution is -3.00. The Bertz CT molecular complexity index is 1170. The minimum Gasteiger partial charge on any atom is -1.00 e. The number of nitrogens with zero attached hydrogens (tertiary/aromatic N) is 4. The molecule has 7 heteroatoms. The van der Waals surface area contributed by atoms with E-state index in [9.17, 15) is 0 Å². The van der Waals surface area contributed by atoms with Gasteiger partial charge in [0.25, 0.3) is 0 Å². The molecule has 0 bridgehead atoms. The Labute approximate surface area is 237 Å². The van der Waals surface area contributed by atoms with Crippen LogP contribution in [0.1, 0.15) is 11.1 Å². The van der Waals surface area contributed by atoms with Gasteiger partial charge in [-0.2, -0.15) is 4.57 Å². The number of aromatic nitrogens is 2. The molecule has 0 fully saturated rings. The van der Waals surface area contributed by atoms with E-state index in [4.69, 9.17) is 16.7 Å². The summed E-state index contributed by atoms with van der Waals surface area (Å²) < 4.78 is 2.08. The topological polar surface area (TPSA) is 41.5 Å². The van der Waals surface area contributed by atoms with E-state index in [1.807, 2.05) is 109 Å². The van der Waals surface area contributed by atoms with Crippen molar-refractivity contribution in [2.45, 2.75) is 5.66 Å². The van der Waals surface area contributed by atoms with Gasteiger partial charge in [0.05, 0.1) is 16.8 Å². The van der Waals surface area contributed by atoms with Crippen molar-refractivity contribution in [1.82, 2.24) is 4.98 Å². The number of benzene rings is 3. The minimum absolute atomic E-state index is 0. The van der Waals surface area contributed by atoms with E-state index >= 15 is 0 Å². The van der Waals surface area contributed by atoms with Crippen LogP contribution in [0.4, 0.5) is 5.69 Å². The number of azo groups is 1. The minimum atomic E-state index is -0.830. The van der Waals surface area contributed by atoms with Crippen molar-refractivity contribution >= 4 is 34.3 Å². The number of halogens is 3. The largest absolute Gasteiger partial charge is 1.00 e. The molecule has 0 atom stereocenters.